The number of imidazole rings is 1. The number of rotatable bonds is 2. The summed E-state index contributed by atoms with van der Waals surface area (Å²) in [4.78, 5) is 4.45. The first-order chi connectivity index (χ1) is 8.93. The lowest BCUT2D eigenvalue weighted by atomic mass is 10.0. The largest absolute Gasteiger partial charge is 0.329 e. The van der Waals surface area contributed by atoms with Crippen LogP contribution in [0.2, 0.25) is 0 Å². The Bertz CT molecular complexity index is 458. The lowest BCUT2D eigenvalue weighted by molar-refractivity contribution is 0.436. The highest BCUT2D eigenvalue weighted by Gasteiger charge is 2.66. The monoisotopic (exact) mass is 243 g/mol. The van der Waals surface area contributed by atoms with Crippen LogP contribution in [0.4, 0.5) is 0 Å². The molecule has 2 heterocycles. The van der Waals surface area contributed by atoms with Crippen LogP contribution >= 0.6 is 0 Å². The average Bonchev–Trinajstić information content (AvgIpc) is 2.97. The normalized spacial score (nSPS) is 48.7. The van der Waals surface area contributed by atoms with E-state index >= 15 is 0 Å². The van der Waals surface area contributed by atoms with E-state index < -0.39 is 0 Å². The summed E-state index contributed by atoms with van der Waals surface area (Å²) in [7, 11) is 0. The smallest absolute Gasteiger partial charge is 0.0951 e. The van der Waals surface area contributed by atoms with Crippen molar-refractivity contribution >= 4 is 0 Å². The Labute approximate surface area is 108 Å². The molecular weight excluding hydrogens is 222 g/mol. The van der Waals surface area contributed by atoms with E-state index in [9.17, 15) is 0 Å². The SMILES string of the molecule is c1ncn(C2C3C4CCC(C4)C32)c1[C@@H]1CCCN1. The summed E-state index contributed by atoms with van der Waals surface area (Å²) in [5.74, 6) is 4.13. The highest BCUT2D eigenvalue weighted by atomic mass is 15.2. The fraction of sp³-hybridized carbons (Fsp3) is 0.800. The average molecular weight is 243 g/mol. The molecule has 3 nitrogen and oxygen atoms in total. The Morgan fingerprint density at radius 3 is 2.72 bits per heavy atom. The van der Waals surface area contributed by atoms with Crippen molar-refractivity contribution in [1.82, 2.24) is 14.9 Å². The maximum absolute atomic E-state index is 4.45. The molecule has 5 atom stereocenters. The zero-order chi connectivity index (χ0) is 11.7. The number of hydrogen-bond donors (Lipinski definition) is 1. The van der Waals surface area contributed by atoms with Gasteiger partial charge in [-0.2, -0.15) is 0 Å². The molecule has 1 aliphatic heterocycles. The van der Waals surface area contributed by atoms with Crippen molar-refractivity contribution < 1.29 is 0 Å². The summed E-state index contributed by atoms with van der Waals surface area (Å²) in [5, 5.41) is 3.62. The van der Waals surface area contributed by atoms with E-state index in [1.807, 2.05) is 0 Å². The van der Waals surface area contributed by atoms with E-state index in [0.717, 1.165) is 29.7 Å². The topological polar surface area (TPSA) is 29.9 Å². The molecule has 5 rings (SSSR count). The summed E-state index contributed by atoms with van der Waals surface area (Å²) >= 11 is 0. The van der Waals surface area contributed by atoms with Crippen LogP contribution in [0.3, 0.4) is 0 Å². The van der Waals surface area contributed by atoms with Crippen LogP contribution in [0.1, 0.15) is 49.9 Å². The summed E-state index contributed by atoms with van der Waals surface area (Å²) in [5.41, 5.74) is 1.46. The lowest BCUT2D eigenvalue weighted by Gasteiger charge is -2.17. The zero-order valence-electron chi connectivity index (χ0n) is 10.8. The molecule has 0 radical (unpaired) electrons. The third kappa shape index (κ3) is 1.16. The van der Waals surface area contributed by atoms with Gasteiger partial charge in [0.05, 0.1) is 12.0 Å². The van der Waals surface area contributed by atoms with Gasteiger partial charge in [-0.05, 0) is 62.3 Å². The van der Waals surface area contributed by atoms with Crippen molar-refractivity contribution in [2.24, 2.45) is 23.7 Å². The fourth-order valence-corrected chi connectivity index (χ4v) is 5.42. The van der Waals surface area contributed by atoms with Gasteiger partial charge in [-0.25, -0.2) is 4.98 Å². The summed E-state index contributed by atoms with van der Waals surface area (Å²) in [6.45, 7) is 1.18. The first kappa shape index (κ1) is 10.0. The van der Waals surface area contributed by atoms with Gasteiger partial charge in [0.15, 0.2) is 0 Å². The molecule has 96 valence electrons. The third-order valence-corrected chi connectivity index (χ3v) is 6.13. The van der Waals surface area contributed by atoms with Gasteiger partial charge < -0.3 is 9.88 Å². The number of hydrogen-bond acceptors (Lipinski definition) is 2. The van der Waals surface area contributed by atoms with Crippen LogP contribution in [0.5, 0.6) is 0 Å². The van der Waals surface area contributed by atoms with Crippen LogP contribution in [0.15, 0.2) is 12.5 Å². The van der Waals surface area contributed by atoms with E-state index in [2.05, 4.69) is 27.4 Å². The number of nitrogens with one attached hydrogen (secondary N) is 1. The molecule has 0 aromatic carbocycles. The molecule has 0 amide bonds. The summed E-state index contributed by atoms with van der Waals surface area (Å²) < 4.78 is 2.54. The molecular formula is C15H21N3. The molecule has 1 saturated heterocycles. The molecule has 4 fully saturated rings. The number of nitrogens with zero attached hydrogens (tertiary/aromatic N) is 2. The minimum atomic E-state index is 0.575. The van der Waals surface area contributed by atoms with Crippen LogP contribution in [0.25, 0.3) is 0 Å². The zero-order valence-corrected chi connectivity index (χ0v) is 10.8. The van der Waals surface area contributed by atoms with Gasteiger partial charge in [-0.3, -0.25) is 0 Å². The van der Waals surface area contributed by atoms with Gasteiger partial charge in [-0.1, -0.05) is 0 Å². The molecule has 1 N–H and O–H groups in total. The van der Waals surface area contributed by atoms with Crippen molar-refractivity contribution in [3.63, 3.8) is 0 Å². The molecule has 4 unspecified atom stereocenters. The molecule has 1 aromatic heterocycles. The standard InChI is InChI=1S/C15H21N3/c1-2-11(17-5-1)12-7-16-8-18(12)15-13-9-3-4-10(6-9)14(13)15/h7-11,13-15,17H,1-6H2/t9?,10?,11-,13?,14?,15?/m0/s1. The van der Waals surface area contributed by atoms with Crippen molar-refractivity contribution in [3.8, 4) is 0 Å². The highest BCUT2D eigenvalue weighted by molar-refractivity contribution is 5.20. The van der Waals surface area contributed by atoms with Crippen molar-refractivity contribution in [2.75, 3.05) is 6.54 Å². The number of aromatic nitrogens is 2. The van der Waals surface area contributed by atoms with E-state index in [-0.39, 0.29) is 0 Å². The minimum absolute atomic E-state index is 0.575. The first-order valence-electron chi connectivity index (χ1n) is 7.68. The molecule has 1 aromatic rings. The van der Waals surface area contributed by atoms with Gasteiger partial charge >= 0.3 is 0 Å². The van der Waals surface area contributed by atoms with Crippen LogP contribution in [-0.2, 0) is 0 Å². The van der Waals surface area contributed by atoms with E-state index in [1.54, 1.807) is 0 Å². The lowest BCUT2D eigenvalue weighted by Crippen LogP contribution is -2.17. The Morgan fingerprint density at radius 2 is 2.00 bits per heavy atom. The molecule has 4 aliphatic rings. The maximum atomic E-state index is 4.45. The maximum Gasteiger partial charge on any atom is 0.0951 e. The quantitative estimate of drug-likeness (QED) is 0.865. The van der Waals surface area contributed by atoms with Crippen molar-refractivity contribution in [3.05, 3.63) is 18.2 Å². The Balaban J connectivity index is 1.47. The Hall–Kier alpha value is -0.830. The van der Waals surface area contributed by atoms with Crippen LogP contribution in [-0.4, -0.2) is 16.1 Å². The van der Waals surface area contributed by atoms with E-state index in [0.29, 0.717) is 6.04 Å². The van der Waals surface area contributed by atoms with E-state index in [1.165, 1.54) is 44.3 Å². The van der Waals surface area contributed by atoms with E-state index in [4.69, 9.17) is 0 Å². The molecule has 3 heteroatoms. The Morgan fingerprint density at radius 1 is 1.17 bits per heavy atom. The van der Waals surface area contributed by atoms with Crippen LogP contribution < -0.4 is 5.32 Å². The second-order valence-electron chi connectivity index (χ2n) is 6.85. The van der Waals surface area contributed by atoms with Gasteiger partial charge in [0.2, 0.25) is 0 Å². The fourth-order valence-electron chi connectivity index (χ4n) is 5.42. The number of fused-ring (bicyclic) bond motifs is 5. The van der Waals surface area contributed by atoms with Gasteiger partial charge in [-0.15, -0.1) is 0 Å². The second-order valence-corrected chi connectivity index (χ2v) is 6.85. The highest BCUT2D eigenvalue weighted by Crippen LogP contribution is 2.71. The van der Waals surface area contributed by atoms with Crippen molar-refractivity contribution in [1.29, 1.82) is 0 Å². The predicted octanol–water partition coefficient (Wildman–Crippen LogP) is 2.52. The molecule has 2 bridgehead atoms. The molecule has 3 saturated carbocycles. The minimum Gasteiger partial charge on any atom is -0.329 e. The third-order valence-electron chi connectivity index (χ3n) is 6.13. The van der Waals surface area contributed by atoms with Gasteiger partial charge in [0.25, 0.3) is 0 Å². The summed E-state index contributed by atoms with van der Waals surface area (Å²) in [6, 6.07) is 1.39. The van der Waals surface area contributed by atoms with Gasteiger partial charge in [0.1, 0.15) is 0 Å². The van der Waals surface area contributed by atoms with Crippen molar-refractivity contribution in [2.45, 2.75) is 44.2 Å². The molecule has 18 heavy (non-hydrogen) atoms. The second kappa shape index (κ2) is 3.38. The molecule has 3 aliphatic carbocycles. The first-order valence-corrected chi connectivity index (χ1v) is 7.68. The Kier molecular flexibility index (Phi) is 1.88. The predicted molar refractivity (Wildman–Crippen MR) is 69.1 cm³/mol. The van der Waals surface area contributed by atoms with Crippen LogP contribution in [0, 0.1) is 23.7 Å². The summed E-state index contributed by atoms with van der Waals surface area (Å²) in [6.07, 6.45) is 11.4. The molecule has 0 spiro atoms. The van der Waals surface area contributed by atoms with Gasteiger partial charge in [0, 0.05) is 18.3 Å².